The van der Waals surface area contributed by atoms with Crippen LogP contribution in [0.25, 0.3) is 5.32 Å². The first kappa shape index (κ1) is 44.5. The van der Waals surface area contributed by atoms with E-state index in [0.29, 0.717) is 0 Å². The Balaban J connectivity index is -0.0000000430. The zero-order valence-electron chi connectivity index (χ0n) is 15.9. The molecule has 0 aliphatic carbocycles. The van der Waals surface area contributed by atoms with Crippen molar-refractivity contribution in [2.75, 3.05) is 39.3 Å². The van der Waals surface area contributed by atoms with Gasteiger partial charge in [-0.3, -0.25) is 18.9 Å². The summed E-state index contributed by atoms with van der Waals surface area (Å²) in [6.07, 6.45) is 8.15. The van der Waals surface area contributed by atoms with Crippen LogP contribution in [0, 0.1) is 7.43 Å². The Morgan fingerprint density at radius 3 is 1.20 bits per heavy atom. The SMILES string of the molecule is C1C[N-]CCCNCCCNC1.C[C-]=O.C[C-]=O.C[C-]=O.Cl.Cl.[CH3-].[Ti]. The predicted molar refractivity (Wildman–Crippen MR) is 108 cm³/mol. The van der Waals surface area contributed by atoms with Gasteiger partial charge in [0.1, 0.15) is 0 Å². The van der Waals surface area contributed by atoms with Gasteiger partial charge in [0.15, 0.2) is 0 Å². The molecule has 1 aliphatic heterocycles. The molecule has 0 spiro atoms. The first-order valence-corrected chi connectivity index (χ1v) is 7.16. The van der Waals surface area contributed by atoms with E-state index >= 15 is 0 Å². The van der Waals surface area contributed by atoms with Crippen molar-refractivity contribution < 1.29 is 36.1 Å². The molecule has 25 heavy (non-hydrogen) atoms. The van der Waals surface area contributed by atoms with E-state index in [4.69, 9.17) is 14.4 Å². The molecule has 6 nitrogen and oxygen atoms in total. The molecule has 0 aromatic carbocycles. The molecule has 0 aromatic heterocycles. The Labute approximate surface area is 182 Å². The summed E-state index contributed by atoms with van der Waals surface area (Å²) in [4.78, 5) is 26.0. The molecule has 0 radical (unpaired) electrons. The molecule has 0 aromatic rings. The average molecular weight is 435 g/mol. The number of hydrogen-bond acceptors (Lipinski definition) is 5. The second-order valence-electron chi connectivity index (χ2n) is 3.84. The number of nitrogens with zero attached hydrogens (tertiary/aromatic N) is 1. The van der Waals surface area contributed by atoms with Crippen LogP contribution in [-0.4, -0.2) is 58.1 Å². The minimum Gasteiger partial charge on any atom is -0.662 e. The molecular formula is C16H34Cl2N3O3Ti-5. The number of halogens is 2. The van der Waals surface area contributed by atoms with Crippen LogP contribution in [0.3, 0.4) is 0 Å². The molecular weight excluding hydrogens is 401 g/mol. The molecule has 1 rings (SSSR count). The van der Waals surface area contributed by atoms with Crippen molar-refractivity contribution in [1.29, 1.82) is 0 Å². The van der Waals surface area contributed by atoms with Gasteiger partial charge in [-0.2, -0.15) is 20.8 Å². The molecule has 0 saturated carbocycles. The molecule has 0 amide bonds. The summed E-state index contributed by atoms with van der Waals surface area (Å²) in [5.41, 5.74) is 0. The summed E-state index contributed by atoms with van der Waals surface area (Å²) in [6.45, 7) is 10.6. The zero-order valence-corrected chi connectivity index (χ0v) is 19.0. The van der Waals surface area contributed by atoms with E-state index in [1.54, 1.807) is 0 Å². The normalized spacial score (nSPS) is 13.1. The molecule has 9 heteroatoms. The molecule has 154 valence electrons. The molecule has 0 unspecified atom stereocenters. The van der Waals surface area contributed by atoms with Gasteiger partial charge in [-0.15, -0.1) is 37.9 Å². The van der Waals surface area contributed by atoms with Crippen molar-refractivity contribution in [3.8, 4) is 0 Å². The van der Waals surface area contributed by atoms with Gasteiger partial charge < -0.3 is 37.8 Å². The third kappa shape index (κ3) is 80.2. The molecule has 1 heterocycles. The third-order valence-electron chi connectivity index (χ3n) is 2.05. The van der Waals surface area contributed by atoms with Crippen molar-refractivity contribution >= 4 is 43.7 Å². The van der Waals surface area contributed by atoms with Crippen LogP contribution in [-0.2, 0) is 36.1 Å². The second-order valence-corrected chi connectivity index (χ2v) is 3.84. The monoisotopic (exact) mass is 434 g/mol. The number of hydrogen-bond donors (Lipinski definition) is 2. The van der Waals surface area contributed by atoms with Gasteiger partial charge in [0.2, 0.25) is 0 Å². The van der Waals surface area contributed by atoms with Crippen molar-refractivity contribution in [2.24, 2.45) is 0 Å². The minimum atomic E-state index is 0. The summed E-state index contributed by atoms with van der Waals surface area (Å²) in [6, 6.07) is 0. The van der Waals surface area contributed by atoms with Crippen molar-refractivity contribution in [2.45, 2.75) is 40.0 Å². The fraction of sp³-hybridized carbons (Fsp3) is 0.750. The first-order valence-electron chi connectivity index (χ1n) is 7.16. The standard InChI is InChI=1S/C9H20N3.3C2H3O.CH3.2ClH.Ti/c1-4-10-6-2-8-12-9-3-7-11-5-1;3*1-2-3;;;;/h10-11H,1-9H2;3*1H3;1H3;2*1H;/q5*-1;;;. The Morgan fingerprint density at radius 2 is 0.920 bits per heavy atom. The Morgan fingerprint density at radius 1 is 0.680 bits per heavy atom. The number of carbonyl (C=O) groups excluding carboxylic acids is 3. The van der Waals surface area contributed by atoms with Gasteiger partial charge in [0, 0.05) is 21.7 Å². The van der Waals surface area contributed by atoms with Gasteiger partial charge in [0.25, 0.3) is 0 Å². The van der Waals surface area contributed by atoms with Gasteiger partial charge in [-0.25, -0.2) is 0 Å². The molecule has 0 bridgehead atoms. The molecule has 1 aliphatic rings. The summed E-state index contributed by atoms with van der Waals surface area (Å²) < 4.78 is 0. The van der Waals surface area contributed by atoms with Gasteiger partial charge >= 0.3 is 0 Å². The third-order valence-corrected chi connectivity index (χ3v) is 2.05. The largest absolute Gasteiger partial charge is 0.662 e. The summed E-state index contributed by atoms with van der Waals surface area (Å²) in [5.74, 6) is 0. The topological polar surface area (TPSA) is 89.4 Å². The van der Waals surface area contributed by atoms with Gasteiger partial charge in [-0.05, 0) is 32.6 Å². The number of rotatable bonds is 0. The molecule has 2 N–H and O–H groups in total. The first-order chi connectivity index (χ1) is 10.2. The van der Waals surface area contributed by atoms with Crippen LogP contribution in [0.2, 0.25) is 0 Å². The van der Waals surface area contributed by atoms with Crippen molar-refractivity contribution in [1.82, 2.24) is 10.6 Å². The van der Waals surface area contributed by atoms with Gasteiger partial charge in [0.05, 0.1) is 0 Å². The van der Waals surface area contributed by atoms with Crippen LogP contribution in [0.4, 0.5) is 0 Å². The summed E-state index contributed by atoms with van der Waals surface area (Å²) in [7, 11) is 0. The van der Waals surface area contributed by atoms with Gasteiger partial charge in [-0.1, -0.05) is 12.8 Å². The van der Waals surface area contributed by atoms with Crippen LogP contribution in [0.5, 0.6) is 0 Å². The Hall–Kier alpha value is 0.184. The summed E-state index contributed by atoms with van der Waals surface area (Å²) >= 11 is 0. The minimum absolute atomic E-state index is 0. The van der Waals surface area contributed by atoms with E-state index in [-0.39, 0.29) is 54.0 Å². The Bertz CT molecular complexity index is 162. The Kier molecular flexibility index (Phi) is 100. The van der Waals surface area contributed by atoms with Crippen LogP contribution in [0.1, 0.15) is 40.0 Å². The van der Waals surface area contributed by atoms with E-state index in [9.17, 15) is 0 Å². The average Bonchev–Trinajstić information content (AvgIpc) is 2.42. The molecule has 1 fully saturated rings. The fourth-order valence-electron chi connectivity index (χ4n) is 1.33. The molecule has 0 atom stereocenters. The maximum Gasteiger partial charge on any atom is 0 e. The predicted octanol–water partition coefficient (Wildman–Crippen LogP) is 2.36. The molecule has 1 saturated heterocycles. The van der Waals surface area contributed by atoms with Crippen molar-refractivity contribution in [3.05, 3.63) is 12.7 Å². The fourth-order valence-corrected chi connectivity index (χ4v) is 1.33. The van der Waals surface area contributed by atoms with Crippen LogP contribution in [0.15, 0.2) is 0 Å². The second kappa shape index (κ2) is 56.4. The maximum absolute atomic E-state index is 8.68. The van der Waals surface area contributed by atoms with E-state index in [0.717, 1.165) is 39.3 Å². The number of nitrogens with one attached hydrogen (secondary N) is 2. The maximum atomic E-state index is 8.68. The summed E-state index contributed by atoms with van der Waals surface area (Å²) in [5, 5.41) is 11.2. The van der Waals surface area contributed by atoms with E-state index in [1.807, 2.05) is 0 Å². The van der Waals surface area contributed by atoms with Crippen LogP contribution < -0.4 is 10.6 Å². The zero-order chi connectivity index (χ0) is 16.6. The van der Waals surface area contributed by atoms with E-state index < -0.39 is 0 Å². The van der Waals surface area contributed by atoms with E-state index in [1.165, 1.54) is 58.9 Å². The van der Waals surface area contributed by atoms with E-state index in [2.05, 4.69) is 16.0 Å². The van der Waals surface area contributed by atoms with Crippen LogP contribution >= 0.6 is 24.8 Å². The smallest absolute Gasteiger partial charge is 0 e. The van der Waals surface area contributed by atoms with Crippen molar-refractivity contribution in [3.63, 3.8) is 0 Å². The quantitative estimate of drug-likeness (QED) is 0.451.